The van der Waals surface area contributed by atoms with Gasteiger partial charge in [-0.1, -0.05) is 0 Å². The highest BCUT2D eigenvalue weighted by molar-refractivity contribution is 9.11. The van der Waals surface area contributed by atoms with E-state index in [1.165, 1.54) is 0 Å². The van der Waals surface area contributed by atoms with Gasteiger partial charge in [-0.05, 0) is 44.8 Å². The molecule has 0 saturated carbocycles. The number of hydrogen-bond acceptors (Lipinski definition) is 3. The average Bonchev–Trinajstić information content (AvgIpc) is 2.11. The van der Waals surface area contributed by atoms with Gasteiger partial charge in [-0.3, -0.25) is 4.79 Å². The van der Waals surface area contributed by atoms with Crippen LogP contribution in [-0.4, -0.2) is 22.1 Å². The van der Waals surface area contributed by atoms with E-state index < -0.39 is 12.0 Å². The highest BCUT2D eigenvalue weighted by Crippen LogP contribution is 2.23. The number of rotatable bonds is 3. The molecule has 0 fully saturated rings. The average molecular weight is 324 g/mol. The summed E-state index contributed by atoms with van der Waals surface area (Å²) in [6.07, 6.45) is 1.63. The van der Waals surface area contributed by atoms with Crippen LogP contribution in [0.15, 0.2) is 21.3 Å². The minimum atomic E-state index is -0.906. The highest BCUT2D eigenvalue weighted by Gasteiger charge is 2.12. The zero-order chi connectivity index (χ0) is 10.7. The number of nitrogens with zero attached hydrogens (tertiary/aromatic N) is 1. The van der Waals surface area contributed by atoms with Crippen molar-refractivity contribution in [3.05, 3.63) is 21.3 Å². The van der Waals surface area contributed by atoms with Crippen molar-refractivity contribution in [3.8, 4) is 0 Å². The molecule has 1 aromatic heterocycles. The number of halogens is 2. The van der Waals surface area contributed by atoms with Crippen LogP contribution in [0.3, 0.4) is 0 Å². The molecule has 1 aromatic rings. The molecule has 0 unspecified atom stereocenters. The molecule has 6 heteroatoms. The summed E-state index contributed by atoms with van der Waals surface area (Å²) in [5, 5.41) is 11.5. The third kappa shape index (κ3) is 2.95. The summed E-state index contributed by atoms with van der Waals surface area (Å²) in [6, 6.07) is 1.11. The summed E-state index contributed by atoms with van der Waals surface area (Å²) in [7, 11) is 0. The Morgan fingerprint density at radius 1 is 1.64 bits per heavy atom. The van der Waals surface area contributed by atoms with Crippen molar-refractivity contribution in [1.29, 1.82) is 0 Å². The summed E-state index contributed by atoms with van der Waals surface area (Å²) in [5.74, 6) is -0.906. The fourth-order valence-corrected chi connectivity index (χ4v) is 1.48. The monoisotopic (exact) mass is 322 g/mol. The van der Waals surface area contributed by atoms with Gasteiger partial charge in [0.05, 0.1) is 5.69 Å². The molecule has 0 saturated heterocycles. The van der Waals surface area contributed by atoms with E-state index >= 15 is 0 Å². The van der Waals surface area contributed by atoms with Crippen LogP contribution in [0.5, 0.6) is 0 Å². The highest BCUT2D eigenvalue weighted by atomic mass is 79.9. The maximum atomic E-state index is 10.6. The number of carbonyl (C=O) groups is 1. The molecule has 2 N–H and O–H groups in total. The van der Waals surface area contributed by atoms with E-state index in [0.717, 1.165) is 4.47 Å². The summed E-state index contributed by atoms with van der Waals surface area (Å²) >= 11 is 6.47. The molecule has 14 heavy (non-hydrogen) atoms. The normalized spacial score (nSPS) is 12.2. The predicted octanol–water partition coefficient (Wildman–Crippen LogP) is 2.49. The van der Waals surface area contributed by atoms with Gasteiger partial charge in [-0.25, -0.2) is 4.98 Å². The Hall–Kier alpha value is -0.620. The first-order valence-electron chi connectivity index (χ1n) is 3.81. The Bertz CT molecular complexity index is 357. The minimum absolute atomic E-state index is 0.591. The van der Waals surface area contributed by atoms with Gasteiger partial charge in [0.2, 0.25) is 0 Å². The SMILES string of the molecule is C[C@@H](Nc1cc(Br)cnc1Br)C(=O)O. The molecule has 0 amide bonds. The quantitative estimate of drug-likeness (QED) is 0.839. The molecule has 1 atom stereocenters. The summed E-state index contributed by atoms with van der Waals surface area (Å²) in [5.41, 5.74) is 0.647. The Morgan fingerprint density at radius 2 is 2.29 bits per heavy atom. The predicted molar refractivity (Wildman–Crippen MR) is 60.4 cm³/mol. The van der Waals surface area contributed by atoms with Crippen molar-refractivity contribution in [3.63, 3.8) is 0 Å². The van der Waals surface area contributed by atoms with Crippen molar-refractivity contribution in [1.82, 2.24) is 4.98 Å². The first-order chi connectivity index (χ1) is 6.50. The van der Waals surface area contributed by atoms with Crippen LogP contribution in [0.1, 0.15) is 6.92 Å². The largest absolute Gasteiger partial charge is 0.480 e. The molecule has 0 aliphatic heterocycles. The summed E-state index contributed by atoms with van der Waals surface area (Å²) in [6.45, 7) is 1.57. The van der Waals surface area contributed by atoms with E-state index in [4.69, 9.17) is 5.11 Å². The van der Waals surface area contributed by atoms with Crippen LogP contribution in [0.25, 0.3) is 0 Å². The van der Waals surface area contributed by atoms with Gasteiger partial charge in [0.25, 0.3) is 0 Å². The topological polar surface area (TPSA) is 62.2 Å². The third-order valence-electron chi connectivity index (χ3n) is 1.55. The maximum absolute atomic E-state index is 10.6. The summed E-state index contributed by atoms with van der Waals surface area (Å²) in [4.78, 5) is 14.6. The molecule has 0 bridgehead atoms. The Kier molecular flexibility index (Phi) is 3.88. The van der Waals surface area contributed by atoms with Crippen LogP contribution in [0, 0.1) is 0 Å². The van der Waals surface area contributed by atoms with E-state index in [-0.39, 0.29) is 0 Å². The number of hydrogen-bond donors (Lipinski definition) is 2. The van der Waals surface area contributed by atoms with Gasteiger partial charge in [-0.15, -0.1) is 0 Å². The smallest absolute Gasteiger partial charge is 0.325 e. The second-order valence-electron chi connectivity index (χ2n) is 2.70. The first kappa shape index (κ1) is 11.5. The molecule has 1 rings (SSSR count). The molecule has 4 nitrogen and oxygen atoms in total. The number of pyridine rings is 1. The van der Waals surface area contributed by atoms with Gasteiger partial charge in [0.15, 0.2) is 0 Å². The molecular weight excluding hydrogens is 316 g/mol. The van der Waals surface area contributed by atoms with E-state index in [2.05, 4.69) is 42.2 Å². The number of anilines is 1. The van der Waals surface area contributed by atoms with Gasteiger partial charge in [0, 0.05) is 10.7 Å². The number of carboxylic acids is 1. The lowest BCUT2D eigenvalue weighted by molar-refractivity contribution is -0.137. The van der Waals surface area contributed by atoms with Crippen LogP contribution in [-0.2, 0) is 4.79 Å². The lowest BCUT2D eigenvalue weighted by atomic mass is 10.3. The number of carboxylic acid groups (broad SMARTS) is 1. The van der Waals surface area contributed by atoms with Gasteiger partial charge < -0.3 is 10.4 Å². The first-order valence-corrected chi connectivity index (χ1v) is 5.39. The second-order valence-corrected chi connectivity index (χ2v) is 4.36. The maximum Gasteiger partial charge on any atom is 0.325 e. The van der Waals surface area contributed by atoms with Crippen LogP contribution >= 0.6 is 31.9 Å². The van der Waals surface area contributed by atoms with E-state index in [9.17, 15) is 4.79 Å². The standard InChI is InChI=1S/C8H8Br2N2O2/c1-4(8(13)14)12-6-2-5(9)3-11-7(6)10/h2-4,12H,1H3,(H,13,14)/t4-/m1/s1. The van der Waals surface area contributed by atoms with Crippen molar-refractivity contribution < 1.29 is 9.90 Å². The molecular formula is C8H8Br2N2O2. The number of aliphatic carboxylic acids is 1. The Balaban J connectivity index is 2.85. The minimum Gasteiger partial charge on any atom is -0.480 e. The second kappa shape index (κ2) is 4.75. The van der Waals surface area contributed by atoms with Crippen LogP contribution in [0.4, 0.5) is 5.69 Å². The van der Waals surface area contributed by atoms with Gasteiger partial charge in [0.1, 0.15) is 10.6 Å². The molecule has 0 radical (unpaired) electrons. The molecule has 0 aromatic carbocycles. The molecule has 0 aliphatic rings. The zero-order valence-electron chi connectivity index (χ0n) is 7.29. The van der Waals surface area contributed by atoms with Crippen LogP contribution < -0.4 is 5.32 Å². The lowest BCUT2D eigenvalue weighted by Gasteiger charge is -2.11. The van der Waals surface area contributed by atoms with Gasteiger partial charge in [-0.2, -0.15) is 0 Å². The van der Waals surface area contributed by atoms with E-state index in [0.29, 0.717) is 10.3 Å². The van der Waals surface area contributed by atoms with Crippen molar-refractivity contribution in [2.24, 2.45) is 0 Å². The number of aromatic nitrogens is 1. The zero-order valence-corrected chi connectivity index (χ0v) is 10.5. The van der Waals surface area contributed by atoms with Crippen molar-refractivity contribution in [2.45, 2.75) is 13.0 Å². The number of nitrogens with one attached hydrogen (secondary N) is 1. The lowest BCUT2D eigenvalue weighted by Crippen LogP contribution is -2.25. The molecule has 0 aliphatic carbocycles. The van der Waals surface area contributed by atoms with E-state index in [1.54, 1.807) is 19.2 Å². The summed E-state index contributed by atoms with van der Waals surface area (Å²) < 4.78 is 1.38. The van der Waals surface area contributed by atoms with E-state index in [1.807, 2.05) is 0 Å². The third-order valence-corrected chi connectivity index (χ3v) is 2.61. The molecule has 0 spiro atoms. The fraction of sp³-hybridized carbons (Fsp3) is 0.250. The molecule has 1 heterocycles. The van der Waals surface area contributed by atoms with Crippen molar-refractivity contribution in [2.75, 3.05) is 5.32 Å². The fourth-order valence-electron chi connectivity index (χ4n) is 0.819. The Labute approximate surface area is 98.0 Å². The Morgan fingerprint density at radius 3 is 2.86 bits per heavy atom. The van der Waals surface area contributed by atoms with Gasteiger partial charge >= 0.3 is 5.97 Å². The van der Waals surface area contributed by atoms with Crippen LogP contribution in [0.2, 0.25) is 0 Å². The molecule has 76 valence electrons. The van der Waals surface area contributed by atoms with Crippen molar-refractivity contribution >= 4 is 43.5 Å².